The predicted octanol–water partition coefficient (Wildman–Crippen LogP) is 2.71. The molecule has 0 saturated carbocycles. The summed E-state index contributed by atoms with van der Waals surface area (Å²) in [6.07, 6.45) is 1.25. The highest BCUT2D eigenvalue weighted by molar-refractivity contribution is 5.40. The first-order valence-corrected chi connectivity index (χ1v) is 7.16. The molecule has 122 valence electrons. The van der Waals surface area contributed by atoms with Crippen molar-refractivity contribution in [3.8, 4) is 5.75 Å². The molecular weight excluding hydrogens is 296 g/mol. The molecule has 0 aliphatic carbocycles. The van der Waals surface area contributed by atoms with Gasteiger partial charge in [0.25, 0.3) is 5.69 Å². The maximum atomic E-state index is 10.6. The molecule has 1 unspecified atom stereocenters. The van der Waals surface area contributed by atoms with Crippen molar-refractivity contribution in [3.63, 3.8) is 0 Å². The fraction of sp³-hybridized carbons (Fsp3) is 0.312. The van der Waals surface area contributed by atoms with Crippen LogP contribution in [0.15, 0.2) is 42.6 Å². The number of pyridine rings is 1. The molecule has 2 aromatic rings. The number of nitro groups is 1. The summed E-state index contributed by atoms with van der Waals surface area (Å²) in [5.74, 6) is 1.42. The number of nitrogens with one attached hydrogen (secondary N) is 1. The first-order chi connectivity index (χ1) is 11.0. The fourth-order valence-corrected chi connectivity index (χ4v) is 2.22. The molecule has 0 amide bonds. The van der Waals surface area contributed by atoms with Crippen molar-refractivity contribution >= 4 is 11.5 Å². The number of ether oxygens (including phenoxy) is 1. The normalized spacial score (nSPS) is 12.0. The number of hydrogen-bond donors (Lipinski definition) is 1. The smallest absolute Gasteiger partial charge is 0.287 e. The van der Waals surface area contributed by atoms with E-state index in [4.69, 9.17) is 4.74 Å². The van der Waals surface area contributed by atoms with Crippen LogP contribution in [0.1, 0.15) is 11.6 Å². The quantitative estimate of drug-likeness (QED) is 0.625. The number of hydrogen-bond acceptors (Lipinski definition) is 6. The van der Waals surface area contributed by atoms with Crippen LogP contribution in [0.4, 0.5) is 11.5 Å². The van der Waals surface area contributed by atoms with E-state index >= 15 is 0 Å². The van der Waals surface area contributed by atoms with Crippen LogP contribution in [-0.2, 0) is 0 Å². The van der Waals surface area contributed by atoms with Gasteiger partial charge in [0.1, 0.15) is 17.8 Å². The van der Waals surface area contributed by atoms with Crippen molar-refractivity contribution in [2.24, 2.45) is 0 Å². The van der Waals surface area contributed by atoms with Gasteiger partial charge in [0, 0.05) is 12.6 Å². The second kappa shape index (κ2) is 7.55. The van der Waals surface area contributed by atoms with E-state index in [1.165, 1.54) is 12.3 Å². The third-order valence-corrected chi connectivity index (χ3v) is 3.56. The van der Waals surface area contributed by atoms with Crippen LogP contribution in [0.2, 0.25) is 0 Å². The molecule has 0 radical (unpaired) electrons. The molecule has 1 N–H and O–H groups in total. The Morgan fingerprint density at radius 2 is 1.96 bits per heavy atom. The second-order valence-electron chi connectivity index (χ2n) is 5.29. The molecule has 1 aromatic carbocycles. The number of methoxy groups -OCH3 is 1. The molecule has 7 nitrogen and oxygen atoms in total. The van der Waals surface area contributed by atoms with Crippen molar-refractivity contribution in [2.75, 3.05) is 33.1 Å². The van der Waals surface area contributed by atoms with Crippen molar-refractivity contribution in [3.05, 3.63) is 58.3 Å². The lowest BCUT2D eigenvalue weighted by molar-refractivity contribution is -0.385. The molecule has 23 heavy (non-hydrogen) atoms. The summed E-state index contributed by atoms with van der Waals surface area (Å²) in [6, 6.07) is 11.1. The van der Waals surface area contributed by atoms with E-state index in [1.807, 2.05) is 38.4 Å². The summed E-state index contributed by atoms with van der Waals surface area (Å²) >= 11 is 0. The Morgan fingerprint density at radius 3 is 2.43 bits per heavy atom. The highest BCUT2D eigenvalue weighted by atomic mass is 16.6. The number of benzene rings is 1. The summed E-state index contributed by atoms with van der Waals surface area (Å²) < 4.78 is 5.17. The van der Waals surface area contributed by atoms with Crippen LogP contribution >= 0.6 is 0 Å². The van der Waals surface area contributed by atoms with Crippen molar-refractivity contribution in [2.45, 2.75) is 6.04 Å². The van der Waals surface area contributed by atoms with Gasteiger partial charge in [0.2, 0.25) is 0 Å². The molecular formula is C16H20N4O3. The highest BCUT2D eigenvalue weighted by Crippen LogP contribution is 2.22. The van der Waals surface area contributed by atoms with Gasteiger partial charge in [-0.1, -0.05) is 12.1 Å². The van der Waals surface area contributed by atoms with E-state index < -0.39 is 4.92 Å². The van der Waals surface area contributed by atoms with Gasteiger partial charge < -0.3 is 15.0 Å². The van der Waals surface area contributed by atoms with E-state index in [0.29, 0.717) is 12.4 Å². The molecule has 0 bridgehead atoms. The Kier molecular flexibility index (Phi) is 5.48. The van der Waals surface area contributed by atoms with Gasteiger partial charge >= 0.3 is 0 Å². The van der Waals surface area contributed by atoms with Crippen molar-refractivity contribution < 1.29 is 9.66 Å². The molecule has 0 spiro atoms. The monoisotopic (exact) mass is 316 g/mol. The molecule has 0 fully saturated rings. The van der Waals surface area contributed by atoms with Crippen LogP contribution in [0.25, 0.3) is 0 Å². The third kappa shape index (κ3) is 4.40. The average molecular weight is 316 g/mol. The van der Waals surface area contributed by atoms with Crippen LogP contribution in [-0.4, -0.2) is 42.6 Å². The minimum absolute atomic E-state index is 0.0186. The van der Waals surface area contributed by atoms with Crippen molar-refractivity contribution in [1.29, 1.82) is 0 Å². The van der Waals surface area contributed by atoms with E-state index in [9.17, 15) is 10.1 Å². The SMILES string of the molecule is COc1ccc(C(CNc2ccc([N+](=O)[O-])cn2)N(C)C)cc1. The molecule has 7 heteroatoms. The Bertz CT molecular complexity index is 641. The highest BCUT2D eigenvalue weighted by Gasteiger charge is 2.14. The number of aromatic nitrogens is 1. The van der Waals surface area contributed by atoms with Gasteiger partial charge in [-0.25, -0.2) is 4.98 Å². The molecule has 0 aliphatic rings. The lowest BCUT2D eigenvalue weighted by atomic mass is 10.1. The van der Waals surface area contributed by atoms with Crippen LogP contribution in [0, 0.1) is 10.1 Å². The lowest BCUT2D eigenvalue weighted by Gasteiger charge is -2.25. The van der Waals surface area contributed by atoms with Gasteiger partial charge in [-0.3, -0.25) is 10.1 Å². The molecule has 2 rings (SSSR count). The van der Waals surface area contributed by atoms with E-state index in [1.54, 1.807) is 13.2 Å². The Morgan fingerprint density at radius 1 is 1.26 bits per heavy atom. The van der Waals surface area contributed by atoms with Gasteiger partial charge in [-0.15, -0.1) is 0 Å². The minimum atomic E-state index is -0.462. The zero-order valence-corrected chi connectivity index (χ0v) is 13.4. The summed E-state index contributed by atoms with van der Waals surface area (Å²) in [5, 5.41) is 13.8. The van der Waals surface area contributed by atoms with Crippen LogP contribution in [0.5, 0.6) is 5.75 Å². The molecule has 0 aliphatic heterocycles. The fourth-order valence-electron chi connectivity index (χ4n) is 2.22. The second-order valence-corrected chi connectivity index (χ2v) is 5.29. The number of likely N-dealkylation sites (N-methyl/N-ethyl adjacent to an activating group) is 1. The summed E-state index contributed by atoms with van der Waals surface area (Å²) in [6.45, 7) is 0.629. The summed E-state index contributed by atoms with van der Waals surface area (Å²) in [7, 11) is 5.64. The van der Waals surface area contributed by atoms with Gasteiger partial charge in [-0.2, -0.15) is 0 Å². The minimum Gasteiger partial charge on any atom is -0.497 e. The standard InChI is InChI=1S/C16H20N4O3/c1-19(2)15(12-4-7-14(23-3)8-5-12)11-18-16-9-6-13(10-17-16)20(21)22/h4-10,15H,11H2,1-3H3,(H,17,18). The lowest BCUT2D eigenvalue weighted by Crippen LogP contribution is -2.27. The summed E-state index contributed by atoms with van der Waals surface area (Å²) in [4.78, 5) is 16.3. The maximum absolute atomic E-state index is 10.6. The first kappa shape index (κ1) is 16.7. The zero-order valence-electron chi connectivity index (χ0n) is 13.4. The molecule has 1 atom stereocenters. The molecule has 0 saturated heterocycles. The Hall–Kier alpha value is -2.67. The summed E-state index contributed by atoms with van der Waals surface area (Å²) in [5.41, 5.74) is 1.13. The Balaban J connectivity index is 2.05. The van der Waals surface area contributed by atoms with E-state index in [2.05, 4.69) is 15.2 Å². The third-order valence-electron chi connectivity index (χ3n) is 3.56. The maximum Gasteiger partial charge on any atom is 0.287 e. The zero-order chi connectivity index (χ0) is 16.8. The van der Waals surface area contributed by atoms with Crippen LogP contribution < -0.4 is 10.1 Å². The van der Waals surface area contributed by atoms with E-state index in [-0.39, 0.29) is 11.7 Å². The van der Waals surface area contributed by atoms with Crippen molar-refractivity contribution in [1.82, 2.24) is 9.88 Å². The van der Waals surface area contributed by atoms with E-state index in [0.717, 1.165) is 11.3 Å². The van der Waals surface area contributed by atoms with Crippen LogP contribution in [0.3, 0.4) is 0 Å². The molecule has 1 aromatic heterocycles. The number of nitrogens with zero attached hydrogens (tertiary/aromatic N) is 3. The number of anilines is 1. The number of rotatable bonds is 7. The predicted molar refractivity (Wildman–Crippen MR) is 88.8 cm³/mol. The van der Waals surface area contributed by atoms with Gasteiger partial charge in [0.05, 0.1) is 18.1 Å². The largest absolute Gasteiger partial charge is 0.497 e. The Labute approximate surface area is 135 Å². The molecule has 1 heterocycles. The topological polar surface area (TPSA) is 80.5 Å². The first-order valence-electron chi connectivity index (χ1n) is 7.16. The average Bonchev–Trinajstić information content (AvgIpc) is 2.55. The van der Waals surface area contributed by atoms with Gasteiger partial charge in [0.15, 0.2) is 0 Å². The van der Waals surface area contributed by atoms with Gasteiger partial charge in [-0.05, 0) is 37.9 Å².